The smallest absolute Gasteiger partial charge is 0.134 e. The quantitative estimate of drug-likeness (QED) is 0.129. The predicted molar refractivity (Wildman–Crippen MR) is 360 cm³/mol. The minimum atomic E-state index is -0.663. The topological polar surface area (TPSA) is 61.4 Å². The highest BCUT2D eigenvalue weighted by Crippen LogP contribution is 2.46. The molecule has 10 aromatic carbocycles. The maximum absolute atomic E-state index is 16.8. The lowest BCUT2D eigenvalue weighted by atomic mass is 9.97. The van der Waals surface area contributed by atoms with Crippen molar-refractivity contribution >= 4 is 43.6 Å². The van der Waals surface area contributed by atoms with Crippen LogP contribution in [0.2, 0.25) is 0 Å². The van der Waals surface area contributed by atoms with Gasteiger partial charge in [0, 0.05) is 71.6 Å². The molecule has 0 unspecified atom stereocenters. The van der Waals surface area contributed by atoms with Crippen LogP contribution in [0.5, 0.6) is 0 Å². The third kappa shape index (κ3) is 9.42. The SMILES string of the molecule is Cc1c(-n2c3ccc(-c4cccc(-c5ccccc5)n4)cc3c3cc(-c4cccc(-c5ccccc5)n4)ccc32)ccc(-c2c(F)cccc2F)c1-n1c2ccc(-c3cccc(-c4ccccc4)n3)cc2c2cc(-c3cccc(-c4ccccc4)n3)ccc21. The van der Waals surface area contributed by atoms with Crippen LogP contribution in [0.1, 0.15) is 5.56 Å². The van der Waals surface area contributed by atoms with Crippen molar-refractivity contribution in [2.75, 3.05) is 0 Å². The van der Waals surface area contributed by atoms with E-state index in [0.717, 1.165) is 145 Å². The van der Waals surface area contributed by atoms with Gasteiger partial charge in [0.25, 0.3) is 0 Å². The highest BCUT2D eigenvalue weighted by molar-refractivity contribution is 6.14. The Morgan fingerprint density at radius 3 is 0.854 bits per heavy atom. The molecule has 420 valence electrons. The van der Waals surface area contributed by atoms with E-state index >= 15 is 8.78 Å². The van der Waals surface area contributed by atoms with Crippen molar-refractivity contribution in [1.29, 1.82) is 0 Å². The molecule has 6 aromatic heterocycles. The molecule has 0 N–H and O–H groups in total. The molecule has 0 aliphatic carbocycles. The highest BCUT2D eigenvalue weighted by atomic mass is 19.1. The van der Waals surface area contributed by atoms with E-state index in [9.17, 15) is 0 Å². The lowest BCUT2D eigenvalue weighted by Crippen LogP contribution is -2.07. The van der Waals surface area contributed by atoms with Gasteiger partial charge < -0.3 is 9.13 Å². The normalized spacial score (nSPS) is 11.5. The second kappa shape index (κ2) is 22.0. The number of hydrogen-bond donors (Lipinski definition) is 0. The molecule has 0 saturated heterocycles. The van der Waals surface area contributed by atoms with E-state index in [1.165, 1.54) is 18.2 Å². The number of hydrogen-bond acceptors (Lipinski definition) is 4. The molecule has 0 spiro atoms. The maximum Gasteiger partial charge on any atom is 0.134 e. The number of benzene rings is 10. The Hall–Kier alpha value is -11.7. The first-order valence-electron chi connectivity index (χ1n) is 29.7. The minimum Gasteiger partial charge on any atom is -0.309 e. The second-order valence-corrected chi connectivity index (χ2v) is 22.4. The first-order valence-corrected chi connectivity index (χ1v) is 29.7. The number of aromatic nitrogens is 6. The van der Waals surface area contributed by atoms with Gasteiger partial charge in [0.15, 0.2) is 0 Å². The van der Waals surface area contributed by atoms with E-state index in [0.29, 0.717) is 11.3 Å². The Labute approximate surface area is 512 Å². The van der Waals surface area contributed by atoms with Crippen LogP contribution in [-0.2, 0) is 0 Å². The lowest BCUT2D eigenvalue weighted by Gasteiger charge is -2.22. The van der Waals surface area contributed by atoms with Crippen molar-refractivity contribution in [1.82, 2.24) is 29.1 Å². The average Bonchev–Trinajstić information content (AvgIpc) is 1.64. The summed E-state index contributed by atoms with van der Waals surface area (Å²) in [5.41, 5.74) is 20.8. The number of halogens is 2. The first kappa shape index (κ1) is 52.8. The third-order valence-corrected chi connectivity index (χ3v) is 17.1. The number of nitrogens with zero attached hydrogens (tertiary/aromatic N) is 6. The summed E-state index contributed by atoms with van der Waals surface area (Å²) in [4.78, 5) is 20.9. The van der Waals surface area contributed by atoms with Gasteiger partial charge in [-0.15, -0.1) is 0 Å². The fourth-order valence-corrected chi connectivity index (χ4v) is 12.8. The van der Waals surface area contributed by atoms with Crippen LogP contribution in [-0.4, -0.2) is 29.1 Å². The van der Waals surface area contributed by atoms with Gasteiger partial charge >= 0.3 is 0 Å². The number of rotatable bonds is 11. The molecule has 16 rings (SSSR count). The van der Waals surface area contributed by atoms with Gasteiger partial charge in [-0.25, -0.2) is 28.7 Å². The molecule has 0 aliphatic heterocycles. The second-order valence-electron chi connectivity index (χ2n) is 22.4. The third-order valence-electron chi connectivity index (χ3n) is 17.1. The van der Waals surface area contributed by atoms with Gasteiger partial charge in [0.2, 0.25) is 0 Å². The van der Waals surface area contributed by atoms with Crippen LogP contribution in [0.25, 0.3) is 156 Å². The van der Waals surface area contributed by atoms with E-state index in [2.05, 4.69) is 162 Å². The van der Waals surface area contributed by atoms with Crippen molar-refractivity contribution in [3.63, 3.8) is 0 Å². The first-order chi connectivity index (χ1) is 43.9. The Morgan fingerprint density at radius 2 is 0.539 bits per heavy atom. The van der Waals surface area contributed by atoms with Crippen molar-refractivity contribution in [3.05, 3.63) is 314 Å². The van der Waals surface area contributed by atoms with Crippen LogP contribution in [0.15, 0.2) is 297 Å². The largest absolute Gasteiger partial charge is 0.309 e. The molecule has 6 heterocycles. The molecule has 0 aliphatic rings. The minimum absolute atomic E-state index is 0.115. The monoisotopic (exact) mass is 1150 g/mol. The van der Waals surface area contributed by atoms with E-state index in [1.807, 2.05) is 133 Å². The van der Waals surface area contributed by atoms with Crippen molar-refractivity contribution < 1.29 is 8.78 Å². The molecule has 0 radical (unpaired) electrons. The summed E-state index contributed by atoms with van der Waals surface area (Å²) >= 11 is 0. The Morgan fingerprint density at radius 1 is 0.258 bits per heavy atom. The fraction of sp³-hybridized carbons (Fsp3) is 0.0123. The molecule has 0 bridgehead atoms. The molecular weight excluding hydrogens is 1090 g/mol. The van der Waals surface area contributed by atoms with Crippen LogP contribution in [0.3, 0.4) is 0 Å². The summed E-state index contributed by atoms with van der Waals surface area (Å²) < 4.78 is 38.1. The zero-order valence-electron chi connectivity index (χ0n) is 48.2. The van der Waals surface area contributed by atoms with Gasteiger partial charge in [0.05, 0.1) is 84.6 Å². The molecule has 0 saturated carbocycles. The summed E-state index contributed by atoms with van der Waals surface area (Å²) in [6, 6.07) is 99.3. The zero-order valence-corrected chi connectivity index (χ0v) is 48.2. The van der Waals surface area contributed by atoms with E-state index in [-0.39, 0.29) is 5.56 Å². The fourth-order valence-electron chi connectivity index (χ4n) is 12.8. The molecule has 0 fully saturated rings. The molecule has 16 aromatic rings. The number of fused-ring (bicyclic) bond motifs is 6. The van der Waals surface area contributed by atoms with Crippen molar-refractivity contribution in [2.45, 2.75) is 6.92 Å². The van der Waals surface area contributed by atoms with E-state index < -0.39 is 11.6 Å². The molecule has 8 heteroatoms. The Balaban J connectivity index is 0.945. The van der Waals surface area contributed by atoms with Gasteiger partial charge in [-0.3, -0.25) is 0 Å². The van der Waals surface area contributed by atoms with Crippen molar-refractivity contribution in [3.8, 4) is 113 Å². The highest BCUT2D eigenvalue weighted by Gasteiger charge is 2.26. The standard InChI is InChI=1S/C81H52F2N6/c1-51-75(88-76-42-37-56(71-33-15-29-67(84-71)52-19-6-2-7-20-52)47-61(76)62-48-57(38-43-77(62)88)72-34-16-30-68(85-72)53-21-8-3-9-22-53)46-41-60(80-65(82)27-14-28-66(80)83)81(51)89-78-44-39-58(73-35-17-31-69(86-73)54-23-10-4-11-24-54)49-63(78)64-50-59(40-45-79(64)89)74-36-18-32-70(87-74)55-25-12-5-13-26-55/h2-50H,1H3. The van der Waals surface area contributed by atoms with E-state index in [4.69, 9.17) is 19.9 Å². The average molecular weight is 1150 g/mol. The van der Waals surface area contributed by atoms with Crippen LogP contribution in [0, 0.1) is 18.6 Å². The summed E-state index contributed by atoms with van der Waals surface area (Å²) in [7, 11) is 0. The van der Waals surface area contributed by atoms with E-state index in [1.54, 1.807) is 0 Å². The summed E-state index contributed by atoms with van der Waals surface area (Å²) in [5, 5.41) is 3.87. The molecule has 89 heavy (non-hydrogen) atoms. The van der Waals surface area contributed by atoms with Crippen LogP contribution in [0.4, 0.5) is 8.78 Å². The van der Waals surface area contributed by atoms with Gasteiger partial charge in [-0.05, 0) is 134 Å². The van der Waals surface area contributed by atoms with Gasteiger partial charge in [-0.1, -0.05) is 176 Å². The Bertz CT molecular complexity index is 5110. The van der Waals surface area contributed by atoms with Crippen LogP contribution >= 0.6 is 0 Å². The van der Waals surface area contributed by atoms with Gasteiger partial charge in [-0.2, -0.15) is 0 Å². The number of pyridine rings is 4. The Kier molecular flexibility index (Phi) is 13.0. The summed E-state index contributed by atoms with van der Waals surface area (Å²) in [6.07, 6.45) is 0. The lowest BCUT2D eigenvalue weighted by molar-refractivity contribution is 0.589. The molecule has 0 atom stereocenters. The molecular formula is C81H52F2N6. The van der Waals surface area contributed by atoms with Gasteiger partial charge in [0.1, 0.15) is 11.6 Å². The summed E-state index contributed by atoms with van der Waals surface area (Å²) in [6.45, 7) is 2.07. The van der Waals surface area contributed by atoms with Crippen molar-refractivity contribution in [2.24, 2.45) is 0 Å². The molecule has 0 amide bonds. The maximum atomic E-state index is 16.8. The summed E-state index contributed by atoms with van der Waals surface area (Å²) in [5.74, 6) is -1.33. The van der Waals surface area contributed by atoms with Crippen LogP contribution < -0.4 is 0 Å². The predicted octanol–water partition coefficient (Wildman–Crippen LogP) is 21.1. The zero-order chi connectivity index (χ0) is 59.5. The molecule has 6 nitrogen and oxygen atoms in total.